The molecule has 2 unspecified atom stereocenters. The van der Waals surface area contributed by atoms with Crippen molar-refractivity contribution in [1.82, 2.24) is 14.6 Å². The zero-order valence-corrected chi connectivity index (χ0v) is 19.2. The van der Waals surface area contributed by atoms with Gasteiger partial charge < -0.3 is 20.8 Å². The highest BCUT2D eigenvalue weighted by Gasteiger charge is 2.38. The van der Waals surface area contributed by atoms with Crippen molar-refractivity contribution in [1.29, 1.82) is 0 Å². The Bertz CT molecular complexity index is 1310. The molecule has 1 aliphatic rings. The van der Waals surface area contributed by atoms with Crippen LogP contribution in [0.15, 0.2) is 53.4 Å². The molecule has 3 aromatic rings. The van der Waals surface area contributed by atoms with E-state index in [1.807, 2.05) is 51.2 Å². The summed E-state index contributed by atoms with van der Waals surface area (Å²) in [4.78, 5) is 27.5. The predicted molar refractivity (Wildman–Crippen MR) is 126 cm³/mol. The summed E-state index contributed by atoms with van der Waals surface area (Å²) in [5, 5.41) is 3.26. The second-order valence-corrected chi connectivity index (χ2v) is 9.98. The molecular formula is C22H25BN4O5S. The van der Waals surface area contributed by atoms with Gasteiger partial charge in [0.25, 0.3) is 11.8 Å². The number of hydrogen-bond acceptors (Lipinski definition) is 5. The number of nitrogens with zero attached hydrogens (tertiary/aromatic N) is 1. The molecule has 9 nitrogen and oxygen atoms in total. The Balaban J connectivity index is 1.60. The number of morpholine rings is 1. The highest BCUT2D eigenvalue weighted by atomic mass is 32.2. The van der Waals surface area contributed by atoms with E-state index in [-0.39, 0.29) is 36.3 Å². The van der Waals surface area contributed by atoms with Crippen LogP contribution in [0.25, 0.3) is 10.9 Å². The molecule has 0 radical (unpaired) electrons. The number of aromatic amines is 1. The standard InChI is InChI=1S/C22H25BN4O5S/c1-13(14-5-3-2-4-6-14)25-22(29)18-12-27(9-10-32-18)33(30,31)20-16-11-15(23)7-8-17(16)26-19(20)21(24)28/h2-8,11,13,18,26H,9-10,12,23H2,1H3,(H2,24,28)(H,25,29). The van der Waals surface area contributed by atoms with Crippen molar-refractivity contribution in [3.63, 3.8) is 0 Å². The number of amides is 2. The van der Waals surface area contributed by atoms with Gasteiger partial charge in [0.1, 0.15) is 24.5 Å². The molecule has 2 amide bonds. The summed E-state index contributed by atoms with van der Waals surface area (Å²) in [7, 11) is -2.31. The lowest BCUT2D eigenvalue weighted by molar-refractivity contribution is -0.136. The van der Waals surface area contributed by atoms with E-state index in [2.05, 4.69) is 10.3 Å². The number of sulfonamides is 1. The Morgan fingerprint density at radius 3 is 2.67 bits per heavy atom. The first kappa shape index (κ1) is 23.0. The first-order valence-electron chi connectivity index (χ1n) is 10.6. The first-order chi connectivity index (χ1) is 15.7. The van der Waals surface area contributed by atoms with Crippen LogP contribution >= 0.6 is 0 Å². The van der Waals surface area contributed by atoms with Crippen molar-refractivity contribution in [2.75, 3.05) is 19.7 Å². The van der Waals surface area contributed by atoms with Crippen LogP contribution in [0.4, 0.5) is 0 Å². The predicted octanol–water partition coefficient (Wildman–Crippen LogP) is -0.208. The fraction of sp³-hybridized carbons (Fsp3) is 0.273. The van der Waals surface area contributed by atoms with Crippen molar-refractivity contribution in [3.05, 3.63) is 59.8 Å². The number of benzene rings is 2. The minimum Gasteiger partial charge on any atom is -0.366 e. The fourth-order valence-electron chi connectivity index (χ4n) is 3.99. The number of rotatable bonds is 6. The van der Waals surface area contributed by atoms with Crippen LogP contribution in [0.3, 0.4) is 0 Å². The monoisotopic (exact) mass is 468 g/mol. The minimum atomic E-state index is -4.14. The van der Waals surface area contributed by atoms with Gasteiger partial charge >= 0.3 is 0 Å². The number of aromatic nitrogens is 1. The molecule has 1 saturated heterocycles. The van der Waals surface area contributed by atoms with Crippen molar-refractivity contribution < 1.29 is 22.7 Å². The van der Waals surface area contributed by atoms with Crippen LogP contribution in [0.1, 0.15) is 29.0 Å². The molecule has 0 spiro atoms. The van der Waals surface area contributed by atoms with E-state index in [1.54, 1.807) is 12.1 Å². The molecule has 33 heavy (non-hydrogen) atoms. The van der Waals surface area contributed by atoms with Gasteiger partial charge in [-0.1, -0.05) is 47.9 Å². The van der Waals surface area contributed by atoms with Crippen molar-refractivity contribution in [3.8, 4) is 0 Å². The summed E-state index contributed by atoms with van der Waals surface area (Å²) in [6.07, 6.45) is -0.983. The maximum absolute atomic E-state index is 13.6. The summed E-state index contributed by atoms with van der Waals surface area (Å²) in [6, 6.07) is 14.4. The third kappa shape index (κ3) is 4.52. The second-order valence-electron chi connectivity index (χ2n) is 8.11. The summed E-state index contributed by atoms with van der Waals surface area (Å²) >= 11 is 0. The van der Waals surface area contributed by atoms with Gasteiger partial charge in [0.05, 0.1) is 12.6 Å². The van der Waals surface area contributed by atoms with E-state index in [0.717, 1.165) is 11.0 Å². The van der Waals surface area contributed by atoms with Crippen molar-refractivity contribution in [2.24, 2.45) is 5.73 Å². The average molecular weight is 468 g/mol. The van der Waals surface area contributed by atoms with Crippen LogP contribution in [0.2, 0.25) is 0 Å². The lowest BCUT2D eigenvalue weighted by Gasteiger charge is -2.32. The van der Waals surface area contributed by atoms with E-state index >= 15 is 0 Å². The molecule has 0 saturated carbocycles. The van der Waals surface area contributed by atoms with Gasteiger partial charge in [-0.05, 0) is 18.6 Å². The maximum atomic E-state index is 13.6. The molecule has 172 valence electrons. The molecule has 4 rings (SSSR count). The zero-order chi connectivity index (χ0) is 23.8. The van der Waals surface area contributed by atoms with Crippen LogP contribution in [0, 0.1) is 0 Å². The maximum Gasteiger partial charge on any atom is 0.266 e. The Kier molecular flexibility index (Phi) is 6.29. The number of nitrogens with one attached hydrogen (secondary N) is 2. The minimum absolute atomic E-state index is 0.0460. The van der Waals surface area contributed by atoms with E-state index < -0.39 is 27.9 Å². The van der Waals surface area contributed by atoms with E-state index in [1.165, 1.54) is 4.31 Å². The lowest BCUT2D eigenvalue weighted by Crippen LogP contribution is -2.52. The smallest absolute Gasteiger partial charge is 0.266 e. The molecule has 0 bridgehead atoms. The van der Waals surface area contributed by atoms with Gasteiger partial charge in [0.15, 0.2) is 0 Å². The molecule has 2 atom stereocenters. The van der Waals surface area contributed by atoms with Gasteiger partial charge in [-0.2, -0.15) is 4.31 Å². The van der Waals surface area contributed by atoms with Gasteiger partial charge in [0, 0.05) is 24.0 Å². The van der Waals surface area contributed by atoms with E-state index in [9.17, 15) is 18.0 Å². The number of carbonyl (C=O) groups excluding carboxylic acids is 2. The highest BCUT2D eigenvalue weighted by molar-refractivity contribution is 7.89. The zero-order valence-electron chi connectivity index (χ0n) is 18.4. The summed E-state index contributed by atoms with van der Waals surface area (Å²) < 4.78 is 34.0. The van der Waals surface area contributed by atoms with Gasteiger partial charge in [-0.15, -0.1) is 0 Å². The largest absolute Gasteiger partial charge is 0.366 e. The molecule has 0 aliphatic carbocycles. The normalized spacial score (nSPS) is 18.2. The Morgan fingerprint density at radius 2 is 1.97 bits per heavy atom. The van der Waals surface area contributed by atoms with Gasteiger partial charge in [0.2, 0.25) is 10.0 Å². The third-order valence-corrected chi connectivity index (χ3v) is 7.68. The number of primary amides is 1. The quantitative estimate of drug-likeness (QED) is 0.431. The number of nitrogens with two attached hydrogens (primary N) is 1. The molecule has 2 heterocycles. The molecule has 4 N–H and O–H groups in total. The summed E-state index contributed by atoms with van der Waals surface area (Å²) in [5.41, 5.74) is 7.56. The Morgan fingerprint density at radius 1 is 1.24 bits per heavy atom. The topological polar surface area (TPSA) is 135 Å². The van der Waals surface area contributed by atoms with Gasteiger partial charge in [-0.25, -0.2) is 8.42 Å². The molecule has 2 aromatic carbocycles. The van der Waals surface area contributed by atoms with Gasteiger partial charge in [-0.3, -0.25) is 9.59 Å². The van der Waals surface area contributed by atoms with Crippen LogP contribution in [-0.4, -0.2) is 63.2 Å². The molecule has 1 aliphatic heterocycles. The van der Waals surface area contributed by atoms with Crippen molar-refractivity contribution >= 4 is 46.0 Å². The van der Waals surface area contributed by atoms with Crippen LogP contribution in [0.5, 0.6) is 0 Å². The van der Waals surface area contributed by atoms with E-state index in [0.29, 0.717) is 10.9 Å². The average Bonchev–Trinajstić information content (AvgIpc) is 3.19. The Hall–Kier alpha value is -3.15. The first-order valence-corrected chi connectivity index (χ1v) is 12.0. The summed E-state index contributed by atoms with van der Waals surface area (Å²) in [6.45, 7) is 1.77. The lowest BCUT2D eigenvalue weighted by atomic mass is 9.95. The summed E-state index contributed by atoms with van der Waals surface area (Å²) in [5.74, 6) is -1.28. The molecule has 11 heteroatoms. The number of ether oxygens (including phenoxy) is 1. The number of carbonyl (C=O) groups is 2. The van der Waals surface area contributed by atoms with Crippen molar-refractivity contribution in [2.45, 2.75) is 24.0 Å². The highest BCUT2D eigenvalue weighted by Crippen LogP contribution is 2.30. The van der Waals surface area contributed by atoms with E-state index in [4.69, 9.17) is 10.5 Å². The number of fused-ring (bicyclic) bond motifs is 1. The second kappa shape index (κ2) is 9.01. The Labute approximate surface area is 192 Å². The molecule has 1 fully saturated rings. The molecule has 1 aromatic heterocycles. The third-order valence-electron chi connectivity index (χ3n) is 5.73. The molecular weight excluding hydrogens is 443 g/mol. The number of hydrogen-bond donors (Lipinski definition) is 3. The fourth-order valence-corrected chi connectivity index (χ4v) is 5.75. The van der Waals surface area contributed by atoms with Crippen LogP contribution < -0.4 is 16.5 Å². The number of H-pyrrole nitrogens is 1. The van der Waals surface area contributed by atoms with Crippen LogP contribution in [-0.2, 0) is 19.6 Å². The SMILES string of the molecule is Bc1ccc2[nH]c(C(N)=O)c(S(=O)(=O)N3CCOC(C(=O)NC(C)c4ccccc4)C3)c2c1.